The van der Waals surface area contributed by atoms with E-state index >= 15 is 0 Å². The molecule has 0 saturated carbocycles. The topological polar surface area (TPSA) is 86.8 Å². The minimum atomic E-state index is -4.23. The third-order valence-corrected chi connectivity index (χ3v) is 9.05. The molecular formula is C29H32Cl3N3O4S. The third-order valence-electron chi connectivity index (χ3n) is 6.25. The van der Waals surface area contributed by atoms with Crippen molar-refractivity contribution in [2.45, 2.75) is 45.2 Å². The Morgan fingerprint density at radius 1 is 0.850 bits per heavy atom. The van der Waals surface area contributed by atoms with Crippen LogP contribution in [0.15, 0.2) is 71.6 Å². The molecule has 0 unspecified atom stereocenters. The Balaban J connectivity index is 2.06. The van der Waals surface area contributed by atoms with E-state index in [0.717, 1.165) is 9.87 Å². The first kappa shape index (κ1) is 31.7. The van der Waals surface area contributed by atoms with E-state index in [-0.39, 0.29) is 28.1 Å². The highest BCUT2D eigenvalue weighted by Crippen LogP contribution is 2.31. The minimum Gasteiger partial charge on any atom is -0.354 e. The molecule has 1 atom stereocenters. The first-order valence-electron chi connectivity index (χ1n) is 12.7. The van der Waals surface area contributed by atoms with Gasteiger partial charge in [-0.25, -0.2) is 8.42 Å². The van der Waals surface area contributed by atoms with Crippen LogP contribution in [-0.4, -0.2) is 44.3 Å². The maximum absolute atomic E-state index is 14.0. The molecule has 0 aromatic heterocycles. The Morgan fingerprint density at radius 2 is 1.43 bits per heavy atom. The lowest BCUT2D eigenvalue weighted by molar-refractivity contribution is -0.139. The van der Waals surface area contributed by atoms with Gasteiger partial charge < -0.3 is 10.2 Å². The standard InChI is InChI=1S/C29H32Cl3N3O4S/c1-19(2)16-33-29(37)21(4)34(17-23-24(30)9-7-10-25(23)31)28(36)18-35(27-11-6-5-8-26(27)32)40(38,39)22-14-12-20(3)13-15-22/h5-15,19,21H,16-18H2,1-4H3,(H,33,37)/t21-/m0/s1. The monoisotopic (exact) mass is 623 g/mol. The Labute approximate surface area is 251 Å². The van der Waals surface area contributed by atoms with Crippen LogP contribution in [0.4, 0.5) is 5.69 Å². The second-order valence-corrected chi connectivity index (χ2v) is 12.9. The molecule has 0 bridgehead atoms. The minimum absolute atomic E-state index is 0.00533. The number of halogens is 3. The van der Waals surface area contributed by atoms with Crippen molar-refractivity contribution in [3.05, 3.63) is 92.9 Å². The van der Waals surface area contributed by atoms with Crippen molar-refractivity contribution in [3.63, 3.8) is 0 Å². The molecule has 11 heteroatoms. The summed E-state index contributed by atoms with van der Waals surface area (Å²) in [7, 11) is -4.23. The lowest BCUT2D eigenvalue weighted by atomic mass is 10.1. The summed E-state index contributed by atoms with van der Waals surface area (Å²) in [6.07, 6.45) is 0. The number of hydrogen-bond donors (Lipinski definition) is 1. The highest BCUT2D eigenvalue weighted by Gasteiger charge is 2.33. The maximum atomic E-state index is 14.0. The van der Waals surface area contributed by atoms with Gasteiger partial charge in [0.25, 0.3) is 10.0 Å². The molecule has 0 radical (unpaired) electrons. The smallest absolute Gasteiger partial charge is 0.264 e. The molecule has 0 aliphatic rings. The van der Waals surface area contributed by atoms with Crippen LogP contribution >= 0.6 is 34.8 Å². The lowest BCUT2D eigenvalue weighted by Gasteiger charge is -2.32. The number of rotatable bonds is 11. The van der Waals surface area contributed by atoms with Crippen LogP contribution < -0.4 is 9.62 Å². The summed E-state index contributed by atoms with van der Waals surface area (Å²) in [5, 5.41) is 3.61. The molecular weight excluding hydrogens is 593 g/mol. The molecule has 3 aromatic rings. The average molecular weight is 625 g/mol. The molecule has 214 valence electrons. The van der Waals surface area contributed by atoms with Crippen LogP contribution in [0.5, 0.6) is 0 Å². The molecule has 7 nitrogen and oxygen atoms in total. The second-order valence-electron chi connectivity index (χ2n) is 9.81. The lowest BCUT2D eigenvalue weighted by Crippen LogP contribution is -2.51. The van der Waals surface area contributed by atoms with E-state index < -0.39 is 34.4 Å². The van der Waals surface area contributed by atoms with Gasteiger partial charge in [0.15, 0.2) is 0 Å². The number of nitrogens with zero attached hydrogens (tertiary/aromatic N) is 2. The van der Waals surface area contributed by atoms with E-state index in [1.54, 1.807) is 55.5 Å². The van der Waals surface area contributed by atoms with Crippen LogP contribution in [0.3, 0.4) is 0 Å². The molecule has 3 rings (SSSR count). The molecule has 2 amide bonds. The molecule has 0 aliphatic carbocycles. The highest BCUT2D eigenvalue weighted by molar-refractivity contribution is 7.92. The summed E-state index contributed by atoms with van der Waals surface area (Å²) >= 11 is 19.2. The number of anilines is 1. The van der Waals surface area contributed by atoms with Gasteiger partial charge in [-0.3, -0.25) is 13.9 Å². The van der Waals surface area contributed by atoms with Crippen molar-refractivity contribution in [2.75, 3.05) is 17.4 Å². The number of para-hydroxylation sites is 1. The second kappa shape index (κ2) is 13.7. The van der Waals surface area contributed by atoms with Gasteiger partial charge in [-0.1, -0.05) is 84.5 Å². The average Bonchev–Trinajstić information content (AvgIpc) is 2.90. The van der Waals surface area contributed by atoms with Crippen LogP contribution in [0, 0.1) is 12.8 Å². The Bertz CT molecular complexity index is 1440. The van der Waals surface area contributed by atoms with Gasteiger partial charge in [0.05, 0.1) is 15.6 Å². The summed E-state index contributed by atoms with van der Waals surface area (Å²) in [5.41, 5.74) is 1.45. The largest absolute Gasteiger partial charge is 0.354 e. The van der Waals surface area contributed by atoms with E-state index in [1.165, 1.54) is 23.1 Å². The summed E-state index contributed by atoms with van der Waals surface area (Å²) in [6.45, 7) is 7.00. The van der Waals surface area contributed by atoms with Gasteiger partial charge in [-0.05, 0) is 56.2 Å². The molecule has 3 aromatic carbocycles. The quantitative estimate of drug-likeness (QED) is 0.270. The zero-order chi connectivity index (χ0) is 29.6. The van der Waals surface area contributed by atoms with Gasteiger partial charge in [-0.2, -0.15) is 0 Å². The zero-order valence-electron chi connectivity index (χ0n) is 22.7. The Kier molecular flexibility index (Phi) is 10.9. The van der Waals surface area contributed by atoms with Crippen LogP contribution in [0.25, 0.3) is 0 Å². The van der Waals surface area contributed by atoms with E-state index in [2.05, 4.69) is 5.32 Å². The molecule has 0 aliphatic heterocycles. The number of aryl methyl sites for hydroxylation is 1. The van der Waals surface area contributed by atoms with Crippen molar-refractivity contribution in [3.8, 4) is 0 Å². The Hall–Kier alpha value is -2.78. The number of sulfonamides is 1. The van der Waals surface area contributed by atoms with Crippen molar-refractivity contribution in [1.82, 2.24) is 10.2 Å². The summed E-state index contributed by atoms with van der Waals surface area (Å²) in [6, 6.07) is 16.6. The predicted octanol–water partition coefficient (Wildman–Crippen LogP) is 6.34. The summed E-state index contributed by atoms with van der Waals surface area (Å²) in [4.78, 5) is 28.4. The fraction of sp³-hybridized carbons (Fsp3) is 0.310. The van der Waals surface area contributed by atoms with Gasteiger partial charge in [0.2, 0.25) is 11.8 Å². The zero-order valence-corrected chi connectivity index (χ0v) is 25.8. The normalized spacial score (nSPS) is 12.2. The Morgan fingerprint density at radius 3 is 2.00 bits per heavy atom. The molecule has 0 spiro atoms. The number of carbonyl (C=O) groups is 2. The third kappa shape index (κ3) is 7.69. The van der Waals surface area contributed by atoms with Crippen molar-refractivity contribution >= 4 is 62.3 Å². The van der Waals surface area contributed by atoms with Crippen molar-refractivity contribution < 1.29 is 18.0 Å². The van der Waals surface area contributed by atoms with Crippen LogP contribution in [0.2, 0.25) is 15.1 Å². The van der Waals surface area contributed by atoms with E-state index in [9.17, 15) is 18.0 Å². The highest BCUT2D eigenvalue weighted by atomic mass is 35.5. The number of benzene rings is 3. The maximum Gasteiger partial charge on any atom is 0.264 e. The number of carbonyl (C=O) groups excluding carboxylic acids is 2. The fourth-order valence-electron chi connectivity index (χ4n) is 3.89. The SMILES string of the molecule is Cc1ccc(S(=O)(=O)N(CC(=O)N(Cc2c(Cl)cccc2Cl)[C@@H](C)C(=O)NCC(C)C)c2ccccc2Cl)cc1. The van der Waals surface area contributed by atoms with E-state index in [0.29, 0.717) is 22.2 Å². The molecule has 0 heterocycles. The summed E-state index contributed by atoms with van der Waals surface area (Å²) < 4.78 is 28.7. The first-order valence-corrected chi connectivity index (χ1v) is 15.2. The molecule has 1 N–H and O–H groups in total. The van der Waals surface area contributed by atoms with Crippen LogP contribution in [0.1, 0.15) is 31.9 Å². The van der Waals surface area contributed by atoms with Gasteiger partial charge in [-0.15, -0.1) is 0 Å². The predicted molar refractivity (Wildman–Crippen MR) is 161 cm³/mol. The number of amides is 2. The van der Waals surface area contributed by atoms with Gasteiger partial charge in [0, 0.05) is 28.7 Å². The van der Waals surface area contributed by atoms with E-state index in [1.807, 2.05) is 20.8 Å². The first-order chi connectivity index (χ1) is 18.8. The number of nitrogens with one attached hydrogen (secondary N) is 1. The fourth-order valence-corrected chi connectivity index (χ4v) is 6.13. The molecule has 0 fully saturated rings. The van der Waals surface area contributed by atoms with Gasteiger partial charge >= 0.3 is 0 Å². The summed E-state index contributed by atoms with van der Waals surface area (Å²) in [5.74, 6) is -0.844. The van der Waals surface area contributed by atoms with Gasteiger partial charge in [0.1, 0.15) is 12.6 Å². The molecule has 40 heavy (non-hydrogen) atoms. The number of hydrogen-bond acceptors (Lipinski definition) is 4. The van der Waals surface area contributed by atoms with Crippen molar-refractivity contribution in [1.29, 1.82) is 0 Å². The van der Waals surface area contributed by atoms with Crippen LogP contribution in [-0.2, 0) is 26.2 Å². The van der Waals surface area contributed by atoms with Crippen molar-refractivity contribution in [2.24, 2.45) is 5.92 Å². The molecule has 0 saturated heterocycles. The van der Waals surface area contributed by atoms with E-state index in [4.69, 9.17) is 34.8 Å².